The molecule has 0 atom stereocenters. The van der Waals surface area contributed by atoms with Crippen LogP contribution in [0.15, 0.2) is 53.0 Å². The van der Waals surface area contributed by atoms with E-state index in [4.69, 9.17) is 0 Å². The molecule has 27 heavy (non-hydrogen) atoms. The Balaban J connectivity index is 1.83. The van der Waals surface area contributed by atoms with Crippen LogP contribution in [-0.4, -0.2) is 39.4 Å². The molecule has 0 unspecified atom stereocenters. The van der Waals surface area contributed by atoms with Gasteiger partial charge in [-0.2, -0.15) is 11.8 Å². The van der Waals surface area contributed by atoms with E-state index in [1.54, 1.807) is 36.0 Å². The zero-order valence-electron chi connectivity index (χ0n) is 15.3. The van der Waals surface area contributed by atoms with Gasteiger partial charge in [-0.05, 0) is 36.2 Å². The number of hydrogen-bond acceptors (Lipinski definition) is 4. The van der Waals surface area contributed by atoms with Crippen molar-refractivity contribution < 1.29 is 13.2 Å². The molecular weight excluding hydrogens is 448 g/mol. The highest BCUT2D eigenvalue weighted by Gasteiger charge is 2.20. The zero-order valence-corrected chi connectivity index (χ0v) is 18.5. The van der Waals surface area contributed by atoms with Crippen LogP contribution in [0.3, 0.4) is 0 Å². The van der Waals surface area contributed by atoms with Gasteiger partial charge >= 0.3 is 0 Å². The Bertz CT molecular complexity index is 888. The smallest absolute Gasteiger partial charge is 0.240 e. The van der Waals surface area contributed by atoms with Crippen molar-refractivity contribution in [2.24, 2.45) is 0 Å². The first-order valence-corrected chi connectivity index (χ1v) is 12.2. The number of aryl methyl sites for hydroxylation is 1. The molecule has 0 saturated carbocycles. The van der Waals surface area contributed by atoms with E-state index < -0.39 is 10.0 Å². The largest absolute Gasteiger partial charge is 0.354 e. The molecule has 1 N–H and O–H groups in total. The van der Waals surface area contributed by atoms with Gasteiger partial charge in [0.25, 0.3) is 0 Å². The van der Waals surface area contributed by atoms with Crippen LogP contribution in [0.25, 0.3) is 0 Å². The summed E-state index contributed by atoms with van der Waals surface area (Å²) in [5.41, 5.74) is 2.99. The average molecular weight is 471 g/mol. The normalized spacial score (nSPS) is 11.2. The molecule has 2 rings (SSSR count). The summed E-state index contributed by atoms with van der Waals surface area (Å²) in [6.45, 7) is 2.34. The van der Waals surface area contributed by atoms with Crippen LogP contribution in [0.5, 0.6) is 0 Å². The van der Waals surface area contributed by atoms with Crippen LogP contribution in [-0.2, 0) is 20.6 Å². The van der Waals surface area contributed by atoms with Gasteiger partial charge in [-0.15, -0.1) is 0 Å². The van der Waals surface area contributed by atoms with Gasteiger partial charge in [-0.25, -0.2) is 8.42 Å². The number of carbonyl (C=O) groups excluding carboxylic acids is 1. The maximum Gasteiger partial charge on any atom is 0.240 e. The molecule has 2 aromatic carbocycles. The van der Waals surface area contributed by atoms with E-state index in [1.807, 2.05) is 12.1 Å². The molecule has 5 nitrogen and oxygen atoms in total. The highest BCUT2D eigenvalue weighted by molar-refractivity contribution is 9.10. The molecule has 0 spiro atoms. The lowest BCUT2D eigenvalue weighted by Crippen LogP contribution is -2.41. The second kappa shape index (κ2) is 10.1. The minimum absolute atomic E-state index is 0.238. The Morgan fingerprint density at radius 3 is 2.59 bits per heavy atom. The van der Waals surface area contributed by atoms with Crippen molar-refractivity contribution in [1.82, 2.24) is 5.32 Å². The quantitative estimate of drug-likeness (QED) is 0.568. The summed E-state index contributed by atoms with van der Waals surface area (Å²) in [6.07, 6.45) is 1.10. The van der Waals surface area contributed by atoms with Crippen molar-refractivity contribution in [3.05, 3.63) is 64.1 Å². The standard InChI is InChI=1S/C19H23BrN2O3S2/c1-15-6-3-4-7-16(15)14-26-11-10-21-19(23)13-22(27(2,24)25)18-9-5-8-17(20)12-18/h3-9,12H,10-11,13-14H2,1-2H3,(H,21,23). The van der Waals surface area contributed by atoms with Gasteiger partial charge < -0.3 is 5.32 Å². The summed E-state index contributed by atoms with van der Waals surface area (Å²) in [6, 6.07) is 15.1. The van der Waals surface area contributed by atoms with Gasteiger partial charge in [0.15, 0.2) is 0 Å². The Hall–Kier alpha value is -1.51. The third-order valence-corrected chi connectivity index (χ3v) is 6.51. The van der Waals surface area contributed by atoms with Gasteiger partial charge in [-0.3, -0.25) is 9.10 Å². The third-order valence-electron chi connectivity index (χ3n) is 3.87. The number of amides is 1. The first-order valence-electron chi connectivity index (χ1n) is 8.39. The maximum absolute atomic E-state index is 12.2. The van der Waals surface area contributed by atoms with Crippen LogP contribution in [0.1, 0.15) is 11.1 Å². The van der Waals surface area contributed by atoms with Crippen molar-refractivity contribution in [2.45, 2.75) is 12.7 Å². The van der Waals surface area contributed by atoms with Gasteiger partial charge in [0.2, 0.25) is 15.9 Å². The first-order chi connectivity index (χ1) is 12.8. The van der Waals surface area contributed by atoms with Crippen LogP contribution >= 0.6 is 27.7 Å². The Kier molecular flexibility index (Phi) is 8.19. The van der Waals surface area contributed by atoms with Crippen LogP contribution in [0.4, 0.5) is 5.69 Å². The molecule has 0 aromatic heterocycles. The van der Waals surface area contributed by atoms with Gasteiger partial charge in [-0.1, -0.05) is 46.3 Å². The molecule has 0 aliphatic carbocycles. The summed E-state index contributed by atoms with van der Waals surface area (Å²) in [4.78, 5) is 12.2. The molecule has 0 radical (unpaired) electrons. The SMILES string of the molecule is Cc1ccccc1CSCCNC(=O)CN(c1cccc(Br)c1)S(C)(=O)=O. The molecule has 146 valence electrons. The molecule has 8 heteroatoms. The summed E-state index contributed by atoms with van der Waals surface area (Å²) in [5.74, 6) is 1.32. The molecule has 0 saturated heterocycles. The number of sulfonamides is 1. The second-order valence-electron chi connectivity index (χ2n) is 6.08. The topological polar surface area (TPSA) is 66.5 Å². The van der Waals surface area contributed by atoms with Crippen LogP contribution < -0.4 is 9.62 Å². The fourth-order valence-electron chi connectivity index (χ4n) is 2.43. The maximum atomic E-state index is 12.2. The number of rotatable bonds is 9. The highest BCUT2D eigenvalue weighted by Crippen LogP contribution is 2.22. The number of halogens is 1. The van der Waals surface area contributed by atoms with E-state index in [1.165, 1.54) is 11.1 Å². The molecule has 0 aliphatic heterocycles. The van der Waals surface area contributed by atoms with Crippen molar-refractivity contribution in [2.75, 3.05) is 29.4 Å². The number of benzene rings is 2. The first kappa shape index (κ1) is 21.8. The predicted molar refractivity (Wildman–Crippen MR) is 117 cm³/mol. The zero-order chi connectivity index (χ0) is 19.9. The monoisotopic (exact) mass is 470 g/mol. The van der Waals surface area contributed by atoms with E-state index in [0.717, 1.165) is 26.5 Å². The van der Waals surface area contributed by atoms with Gasteiger partial charge in [0.05, 0.1) is 11.9 Å². The third kappa shape index (κ3) is 7.20. The van der Waals surface area contributed by atoms with Crippen molar-refractivity contribution in [3.63, 3.8) is 0 Å². The van der Waals surface area contributed by atoms with E-state index in [-0.39, 0.29) is 12.5 Å². The molecule has 0 heterocycles. The highest BCUT2D eigenvalue weighted by atomic mass is 79.9. The Labute approximate surface area is 173 Å². The fourth-order valence-corrected chi connectivity index (χ4v) is 4.60. The van der Waals surface area contributed by atoms with Gasteiger partial charge in [0.1, 0.15) is 6.54 Å². The molecule has 2 aromatic rings. The lowest BCUT2D eigenvalue weighted by Gasteiger charge is -2.22. The minimum atomic E-state index is -3.56. The second-order valence-corrected chi connectivity index (χ2v) is 10.0. The lowest BCUT2D eigenvalue weighted by atomic mass is 10.1. The lowest BCUT2D eigenvalue weighted by molar-refractivity contribution is -0.119. The fraction of sp³-hybridized carbons (Fsp3) is 0.316. The van der Waals surface area contributed by atoms with E-state index in [2.05, 4.69) is 40.3 Å². The number of thioether (sulfide) groups is 1. The van der Waals surface area contributed by atoms with E-state index >= 15 is 0 Å². The van der Waals surface area contributed by atoms with Crippen molar-refractivity contribution >= 4 is 49.3 Å². The number of nitrogens with zero attached hydrogens (tertiary/aromatic N) is 1. The Morgan fingerprint density at radius 1 is 1.19 bits per heavy atom. The molecular formula is C19H23BrN2O3S2. The number of nitrogens with one attached hydrogen (secondary N) is 1. The van der Waals surface area contributed by atoms with Crippen molar-refractivity contribution in [3.8, 4) is 0 Å². The summed E-state index contributed by atoms with van der Waals surface area (Å²) in [5, 5.41) is 2.79. The summed E-state index contributed by atoms with van der Waals surface area (Å²) >= 11 is 5.05. The number of carbonyl (C=O) groups is 1. The molecule has 0 fully saturated rings. The van der Waals surface area contributed by atoms with Crippen LogP contribution in [0.2, 0.25) is 0 Å². The molecule has 1 amide bonds. The van der Waals surface area contributed by atoms with Gasteiger partial charge in [0, 0.05) is 22.5 Å². The molecule has 0 bridgehead atoms. The molecule has 0 aliphatic rings. The van der Waals surface area contributed by atoms with Crippen LogP contribution in [0, 0.1) is 6.92 Å². The van der Waals surface area contributed by atoms with Crippen molar-refractivity contribution in [1.29, 1.82) is 0 Å². The number of anilines is 1. The minimum Gasteiger partial charge on any atom is -0.354 e. The Morgan fingerprint density at radius 2 is 1.93 bits per heavy atom. The number of hydrogen-bond donors (Lipinski definition) is 1. The van der Waals surface area contributed by atoms with E-state index in [0.29, 0.717) is 12.2 Å². The summed E-state index contributed by atoms with van der Waals surface area (Å²) in [7, 11) is -3.56. The predicted octanol–water partition coefficient (Wildman–Crippen LogP) is 3.57. The summed E-state index contributed by atoms with van der Waals surface area (Å²) < 4.78 is 26.0. The van der Waals surface area contributed by atoms with E-state index in [9.17, 15) is 13.2 Å². The average Bonchev–Trinajstić information content (AvgIpc) is 2.60.